The third-order valence-electron chi connectivity index (χ3n) is 3.49. The zero-order valence-corrected chi connectivity index (χ0v) is 21.8. The first-order chi connectivity index (χ1) is 14.0. The molecule has 0 radical (unpaired) electrons. The number of amides is 2. The minimum atomic E-state index is -1.77. The van der Waals surface area contributed by atoms with E-state index in [0.29, 0.717) is 7.14 Å². The van der Waals surface area contributed by atoms with Gasteiger partial charge in [-0.1, -0.05) is 0 Å². The Bertz CT molecular complexity index is 807. The molecule has 1 aromatic rings. The molecule has 168 valence electrons. The van der Waals surface area contributed by atoms with Crippen LogP contribution < -0.4 is 21.1 Å². The third-order valence-corrected chi connectivity index (χ3v) is 6.63. The van der Waals surface area contributed by atoms with Crippen LogP contribution in [-0.4, -0.2) is 83.3 Å². The lowest BCUT2D eigenvalue weighted by molar-refractivity contribution is -0.119. The molecule has 14 heteroatoms. The lowest BCUT2D eigenvalue weighted by Gasteiger charge is -2.19. The Labute approximate surface area is 212 Å². The number of carbonyl (C=O) groups excluding carboxylic acids is 3. The second-order valence-corrected chi connectivity index (χ2v) is 9.03. The average molecular weight is 763 g/mol. The summed E-state index contributed by atoms with van der Waals surface area (Å²) in [5.74, 6) is -1.61. The predicted octanol–water partition coefficient (Wildman–Crippen LogP) is -1.47. The molecule has 1 unspecified atom stereocenters. The summed E-state index contributed by atoms with van der Waals surface area (Å²) >= 11 is 5.48. The van der Waals surface area contributed by atoms with Crippen LogP contribution in [0.5, 0.6) is 5.75 Å². The minimum Gasteiger partial charge on any atom is -0.484 e. The summed E-state index contributed by atoms with van der Waals surface area (Å²) in [6.07, 6.45) is -2.94. The van der Waals surface area contributed by atoms with Gasteiger partial charge >= 0.3 is 0 Å². The van der Waals surface area contributed by atoms with Gasteiger partial charge in [0.15, 0.2) is 12.1 Å². The number of Topliss-reactive ketones (excluding diaryl/α,β-unsaturated/α-hetero) is 1. The highest BCUT2D eigenvalue weighted by Crippen LogP contribution is 2.37. The average Bonchev–Trinajstić information content (AvgIpc) is 2.69. The summed E-state index contributed by atoms with van der Waals surface area (Å²) in [6.45, 7) is -1.83. The number of aliphatic hydroxyl groups is 4. The number of hydrogen-bond acceptors (Lipinski definition) is 9. The van der Waals surface area contributed by atoms with E-state index in [4.69, 9.17) is 25.8 Å². The molecule has 0 heterocycles. The van der Waals surface area contributed by atoms with Gasteiger partial charge in [-0.25, -0.2) is 0 Å². The molecule has 0 aliphatic carbocycles. The predicted molar refractivity (Wildman–Crippen MR) is 130 cm³/mol. The van der Waals surface area contributed by atoms with Crippen molar-refractivity contribution in [3.05, 3.63) is 21.8 Å². The van der Waals surface area contributed by atoms with E-state index in [2.05, 4.69) is 10.6 Å². The molecule has 0 bridgehead atoms. The molecule has 1 aromatic carbocycles. The van der Waals surface area contributed by atoms with Crippen molar-refractivity contribution >= 4 is 85.4 Å². The lowest BCUT2D eigenvalue weighted by Crippen LogP contribution is -2.36. The van der Waals surface area contributed by atoms with Crippen LogP contribution in [0.25, 0.3) is 0 Å². The van der Waals surface area contributed by atoms with Crippen molar-refractivity contribution in [3.63, 3.8) is 0 Å². The first kappa shape index (κ1) is 27.7. The molecule has 11 nitrogen and oxygen atoms in total. The smallest absolute Gasteiger partial charge is 0.253 e. The number of ether oxygens (including phenoxy) is 1. The summed E-state index contributed by atoms with van der Waals surface area (Å²) in [4.78, 5) is 37.0. The van der Waals surface area contributed by atoms with Crippen molar-refractivity contribution in [3.8, 4) is 5.75 Å². The molecule has 8 N–H and O–H groups in total. The second-order valence-electron chi connectivity index (χ2n) is 5.79. The Morgan fingerprint density at radius 3 is 1.87 bits per heavy atom. The van der Waals surface area contributed by atoms with Crippen LogP contribution in [-0.2, 0) is 4.79 Å². The number of nitrogens with one attached hydrogen (secondary N) is 2. The number of carbonyl (C=O) groups is 3. The van der Waals surface area contributed by atoms with Crippen molar-refractivity contribution in [2.45, 2.75) is 12.4 Å². The van der Waals surface area contributed by atoms with Crippen LogP contribution in [0.2, 0.25) is 0 Å². The Kier molecular flexibility index (Phi) is 12.2. The largest absolute Gasteiger partial charge is 0.484 e. The molecule has 0 spiro atoms. The maximum atomic E-state index is 12.7. The van der Waals surface area contributed by atoms with E-state index in [1.165, 1.54) is 0 Å². The van der Waals surface area contributed by atoms with Gasteiger partial charge in [-0.05, 0) is 67.8 Å². The molecular formula is C16H20I3N3O8. The number of benzene rings is 1. The van der Waals surface area contributed by atoms with Gasteiger partial charge in [-0.15, -0.1) is 0 Å². The monoisotopic (exact) mass is 763 g/mol. The van der Waals surface area contributed by atoms with Crippen molar-refractivity contribution in [1.29, 1.82) is 0 Å². The highest BCUT2D eigenvalue weighted by Gasteiger charge is 2.29. The van der Waals surface area contributed by atoms with E-state index in [0.717, 1.165) is 0 Å². The van der Waals surface area contributed by atoms with Gasteiger partial charge in [0, 0.05) is 10.1 Å². The van der Waals surface area contributed by atoms with E-state index < -0.39 is 43.1 Å². The van der Waals surface area contributed by atoms with Crippen LogP contribution in [0.15, 0.2) is 0 Å². The molecule has 0 aromatic heterocycles. The van der Waals surface area contributed by atoms with Crippen LogP contribution in [0.3, 0.4) is 0 Å². The maximum absolute atomic E-state index is 12.7. The summed E-state index contributed by atoms with van der Waals surface area (Å²) in [5.41, 5.74) is 5.39. The number of rotatable bonds is 11. The maximum Gasteiger partial charge on any atom is 0.253 e. The number of halogens is 3. The van der Waals surface area contributed by atoms with Crippen molar-refractivity contribution < 1.29 is 39.5 Å². The second kappa shape index (κ2) is 13.2. The molecule has 2 amide bonds. The fraction of sp³-hybridized carbons (Fsp3) is 0.438. The van der Waals surface area contributed by atoms with E-state index in [1.54, 1.807) is 22.6 Å². The van der Waals surface area contributed by atoms with Crippen molar-refractivity contribution in [2.75, 3.05) is 32.8 Å². The van der Waals surface area contributed by atoms with Gasteiger partial charge in [-0.3, -0.25) is 14.4 Å². The number of nitrogens with two attached hydrogens (primary N) is 1. The summed E-state index contributed by atoms with van der Waals surface area (Å²) in [5, 5.41) is 41.2. The topological polar surface area (TPSA) is 191 Å². The molecule has 0 saturated heterocycles. The van der Waals surface area contributed by atoms with Gasteiger partial charge in [-0.2, -0.15) is 0 Å². The fourth-order valence-electron chi connectivity index (χ4n) is 2.01. The Morgan fingerprint density at radius 2 is 1.43 bits per heavy atom. The van der Waals surface area contributed by atoms with E-state index in [9.17, 15) is 19.5 Å². The van der Waals surface area contributed by atoms with E-state index >= 15 is 0 Å². The molecule has 0 aliphatic heterocycles. The number of aliphatic hydroxyl groups excluding tert-OH is 3. The first-order valence-corrected chi connectivity index (χ1v) is 11.5. The summed E-state index contributed by atoms with van der Waals surface area (Å²) in [7, 11) is 0. The molecule has 0 saturated carbocycles. The van der Waals surface area contributed by atoms with E-state index in [1.807, 2.05) is 45.2 Å². The van der Waals surface area contributed by atoms with Crippen LogP contribution in [0.1, 0.15) is 20.7 Å². The normalized spacial score (nSPS) is 11.9. The highest BCUT2D eigenvalue weighted by molar-refractivity contribution is 14.1. The zero-order chi connectivity index (χ0) is 23.0. The quantitative estimate of drug-likeness (QED) is 0.104. The van der Waals surface area contributed by atoms with E-state index in [-0.39, 0.29) is 40.1 Å². The van der Waals surface area contributed by atoms with Gasteiger partial charge < -0.3 is 41.5 Å². The van der Waals surface area contributed by atoms with Crippen LogP contribution in [0, 0.1) is 10.7 Å². The van der Waals surface area contributed by atoms with Crippen molar-refractivity contribution in [1.82, 2.24) is 10.6 Å². The van der Waals surface area contributed by atoms with Gasteiger partial charge in [0.1, 0.15) is 12.4 Å². The summed E-state index contributed by atoms with van der Waals surface area (Å²) in [6, 6.07) is 0. The standard InChI is InChI=1S/C16H20I3N3O8/c17-11-9(15(28)21-2-7(25)4-23)12(18)14(30-5-6(24)1-20)13(19)10(11)16(29)22-3-8(26)27/h7-8,23,25-27H,1-5,20H2,(H,21,28)(H,22,29). The third kappa shape index (κ3) is 7.64. The number of hydrogen-bond donors (Lipinski definition) is 7. The SMILES string of the molecule is NCC(=O)COc1c(I)c(C(=O)NCC(O)O)c(I)c(C(=O)NCC(O)CO)c1I. The molecule has 0 aliphatic rings. The van der Waals surface area contributed by atoms with Crippen LogP contribution in [0.4, 0.5) is 0 Å². The fourth-order valence-corrected chi connectivity index (χ4v) is 6.47. The van der Waals surface area contributed by atoms with Crippen LogP contribution >= 0.6 is 67.8 Å². The zero-order valence-electron chi connectivity index (χ0n) is 15.3. The Balaban J connectivity index is 3.46. The highest BCUT2D eigenvalue weighted by atomic mass is 127. The number of ketones is 1. The molecule has 1 rings (SSSR count). The van der Waals surface area contributed by atoms with Gasteiger partial charge in [0.2, 0.25) is 0 Å². The van der Waals surface area contributed by atoms with Gasteiger partial charge in [0.25, 0.3) is 11.8 Å². The molecule has 1 atom stereocenters. The lowest BCUT2D eigenvalue weighted by atomic mass is 10.1. The molecule has 0 fully saturated rings. The molecule has 30 heavy (non-hydrogen) atoms. The van der Waals surface area contributed by atoms with Crippen molar-refractivity contribution in [2.24, 2.45) is 5.73 Å². The van der Waals surface area contributed by atoms with Gasteiger partial charge in [0.05, 0.1) is 44.1 Å². The molecular weight excluding hydrogens is 743 g/mol. The Hall–Kier alpha value is -0.380. The summed E-state index contributed by atoms with van der Waals surface area (Å²) < 4.78 is 6.41. The Morgan fingerprint density at radius 1 is 0.933 bits per heavy atom. The minimum absolute atomic E-state index is 0.0420. The first-order valence-electron chi connectivity index (χ1n) is 8.31.